The summed E-state index contributed by atoms with van der Waals surface area (Å²) in [4.78, 5) is 25.8. The average molecular weight is 416 g/mol. The Hall–Kier alpha value is -2.87. The lowest BCUT2D eigenvalue weighted by molar-refractivity contribution is -0.123. The second-order valence-corrected chi connectivity index (χ2v) is 9.28. The van der Waals surface area contributed by atoms with Crippen LogP contribution in [0.5, 0.6) is 0 Å². The van der Waals surface area contributed by atoms with Crippen LogP contribution in [0.15, 0.2) is 53.4 Å². The number of aryl methyl sites for hydroxylation is 1. The number of primary amides is 1. The molecule has 2 amide bonds. The summed E-state index contributed by atoms with van der Waals surface area (Å²) in [5.41, 5.74) is 7.15. The largest absolute Gasteiger partial charge is 0.369 e. The van der Waals surface area contributed by atoms with Crippen molar-refractivity contribution in [1.29, 1.82) is 0 Å². The van der Waals surface area contributed by atoms with Gasteiger partial charge in [-0.3, -0.25) is 13.9 Å². The maximum atomic E-state index is 13.1. The number of carbonyl (C=O) groups is 2. The van der Waals surface area contributed by atoms with Gasteiger partial charge in [0.1, 0.15) is 0 Å². The van der Waals surface area contributed by atoms with Crippen molar-refractivity contribution in [3.05, 3.63) is 59.7 Å². The predicted octanol–water partition coefficient (Wildman–Crippen LogP) is 2.16. The molecule has 3 rings (SSSR count). The lowest BCUT2D eigenvalue weighted by Gasteiger charge is -2.30. The number of nitrogens with two attached hydrogens (primary N) is 1. The normalized spacial score (nSPS) is 15.2. The standard InChI is InChI=1S/C21H25N3O4S/c1-15-5-3-7-18(13-15)23(2)29(27,28)19-8-4-6-17(14-19)21(26)24-11-9-16(10-12-24)20(22)25/h3-8,13-14,16H,9-12H2,1-2H3,(H2,22,25). The monoisotopic (exact) mass is 415 g/mol. The van der Waals surface area contributed by atoms with E-state index in [-0.39, 0.29) is 22.6 Å². The van der Waals surface area contributed by atoms with Gasteiger partial charge in [-0.1, -0.05) is 18.2 Å². The maximum absolute atomic E-state index is 13.1. The van der Waals surface area contributed by atoms with Gasteiger partial charge in [0.05, 0.1) is 10.6 Å². The number of hydrogen-bond donors (Lipinski definition) is 1. The van der Waals surface area contributed by atoms with Crippen molar-refractivity contribution < 1.29 is 18.0 Å². The Morgan fingerprint density at radius 1 is 1.07 bits per heavy atom. The fraction of sp³-hybridized carbons (Fsp3) is 0.333. The Morgan fingerprint density at radius 2 is 1.72 bits per heavy atom. The van der Waals surface area contributed by atoms with Crippen molar-refractivity contribution in [2.75, 3.05) is 24.4 Å². The molecule has 2 aromatic carbocycles. The number of carbonyl (C=O) groups excluding carboxylic acids is 2. The summed E-state index contributed by atoms with van der Waals surface area (Å²) in [6.45, 7) is 2.74. The zero-order valence-corrected chi connectivity index (χ0v) is 17.4. The molecule has 29 heavy (non-hydrogen) atoms. The highest BCUT2D eigenvalue weighted by atomic mass is 32.2. The van der Waals surface area contributed by atoms with E-state index in [2.05, 4.69) is 0 Å². The summed E-state index contributed by atoms with van der Waals surface area (Å²) in [7, 11) is -2.32. The Morgan fingerprint density at radius 3 is 2.34 bits per heavy atom. The number of likely N-dealkylation sites (tertiary alicyclic amines) is 1. The first-order chi connectivity index (χ1) is 13.7. The van der Waals surface area contributed by atoms with E-state index in [0.29, 0.717) is 37.2 Å². The van der Waals surface area contributed by atoms with Crippen LogP contribution < -0.4 is 10.0 Å². The molecule has 0 aliphatic carbocycles. The van der Waals surface area contributed by atoms with Gasteiger partial charge < -0.3 is 10.6 Å². The third-order valence-corrected chi connectivity index (χ3v) is 7.07. The van der Waals surface area contributed by atoms with E-state index in [0.717, 1.165) is 5.56 Å². The number of benzene rings is 2. The molecule has 1 fully saturated rings. The molecule has 2 aromatic rings. The highest BCUT2D eigenvalue weighted by molar-refractivity contribution is 7.92. The highest BCUT2D eigenvalue weighted by Crippen LogP contribution is 2.24. The Labute approximate surface area is 171 Å². The van der Waals surface area contributed by atoms with Crippen LogP contribution in [0.2, 0.25) is 0 Å². The number of nitrogens with zero attached hydrogens (tertiary/aromatic N) is 2. The summed E-state index contributed by atoms with van der Waals surface area (Å²) >= 11 is 0. The van der Waals surface area contributed by atoms with Gasteiger partial charge in [-0.05, 0) is 55.7 Å². The number of rotatable bonds is 5. The molecule has 154 valence electrons. The van der Waals surface area contributed by atoms with E-state index in [4.69, 9.17) is 5.73 Å². The van der Waals surface area contributed by atoms with E-state index < -0.39 is 10.0 Å². The minimum Gasteiger partial charge on any atom is -0.369 e. The summed E-state index contributed by atoms with van der Waals surface area (Å²) < 4.78 is 27.3. The molecule has 1 saturated heterocycles. The van der Waals surface area contributed by atoms with Crippen LogP contribution in [0.3, 0.4) is 0 Å². The number of piperidine rings is 1. The number of anilines is 1. The van der Waals surface area contributed by atoms with Crippen molar-refractivity contribution in [1.82, 2.24) is 4.90 Å². The molecule has 0 bridgehead atoms. The second-order valence-electron chi connectivity index (χ2n) is 7.31. The lowest BCUT2D eigenvalue weighted by Crippen LogP contribution is -2.41. The Bertz CT molecular complexity index is 1030. The molecule has 2 N–H and O–H groups in total. The van der Waals surface area contributed by atoms with Gasteiger partial charge in [0.15, 0.2) is 0 Å². The second kappa shape index (κ2) is 8.24. The molecule has 8 heteroatoms. The average Bonchev–Trinajstić information content (AvgIpc) is 2.72. The topological polar surface area (TPSA) is 101 Å². The van der Waals surface area contributed by atoms with E-state index in [1.807, 2.05) is 13.0 Å². The van der Waals surface area contributed by atoms with Crippen molar-refractivity contribution in [2.24, 2.45) is 11.7 Å². The molecule has 0 radical (unpaired) electrons. The van der Waals surface area contributed by atoms with Gasteiger partial charge >= 0.3 is 0 Å². The van der Waals surface area contributed by atoms with E-state index in [1.54, 1.807) is 35.2 Å². The van der Waals surface area contributed by atoms with Crippen LogP contribution in [0, 0.1) is 12.8 Å². The van der Waals surface area contributed by atoms with Crippen LogP contribution in [-0.4, -0.2) is 45.3 Å². The van der Waals surface area contributed by atoms with Gasteiger partial charge in [-0.2, -0.15) is 0 Å². The highest BCUT2D eigenvalue weighted by Gasteiger charge is 2.28. The van der Waals surface area contributed by atoms with Crippen LogP contribution in [0.1, 0.15) is 28.8 Å². The molecule has 0 atom stereocenters. The van der Waals surface area contributed by atoms with Crippen molar-refractivity contribution in [2.45, 2.75) is 24.7 Å². The SMILES string of the molecule is Cc1cccc(N(C)S(=O)(=O)c2cccc(C(=O)N3CCC(C(N)=O)CC3)c2)c1. The molecule has 0 aromatic heterocycles. The molecule has 0 unspecified atom stereocenters. The first kappa shape index (κ1) is 20.9. The van der Waals surface area contributed by atoms with Crippen LogP contribution in [0.4, 0.5) is 5.69 Å². The maximum Gasteiger partial charge on any atom is 0.264 e. The quantitative estimate of drug-likeness (QED) is 0.809. The molecular weight excluding hydrogens is 390 g/mol. The first-order valence-electron chi connectivity index (χ1n) is 9.44. The molecule has 1 heterocycles. The smallest absolute Gasteiger partial charge is 0.264 e. The summed E-state index contributed by atoms with van der Waals surface area (Å²) in [5, 5.41) is 0. The van der Waals surface area contributed by atoms with Gasteiger partial charge in [-0.15, -0.1) is 0 Å². The predicted molar refractivity (Wildman–Crippen MR) is 111 cm³/mol. The van der Waals surface area contributed by atoms with Crippen molar-refractivity contribution in [3.63, 3.8) is 0 Å². The molecule has 0 saturated carbocycles. The fourth-order valence-electron chi connectivity index (χ4n) is 3.46. The van der Waals surface area contributed by atoms with E-state index in [1.165, 1.54) is 23.5 Å². The summed E-state index contributed by atoms with van der Waals surface area (Å²) in [6, 6.07) is 13.3. The minimum absolute atomic E-state index is 0.0550. The third-order valence-electron chi connectivity index (χ3n) is 5.29. The number of hydrogen-bond acceptors (Lipinski definition) is 4. The summed E-state index contributed by atoms with van der Waals surface area (Å²) in [6.07, 6.45) is 1.05. The number of sulfonamides is 1. The number of amides is 2. The van der Waals surface area contributed by atoms with Crippen LogP contribution >= 0.6 is 0 Å². The Kier molecular flexibility index (Phi) is 5.93. The first-order valence-corrected chi connectivity index (χ1v) is 10.9. The zero-order chi connectivity index (χ0) is 21.2. The lowest BCUT2D eigenvalue weighted by atomic mass is 9.96. The van der Waals surface area contributed by atoms with Crippen molar-refractivity contribution >= 4 is 27.5 Å². The molecule has 0 spiro atoms. The van der Waals surface area contributed by atoms with Gasteiger partial charge in [-0.25, -0.2) is 8.42 Å². The summed E-state index contributed by atoms with van der Waals surface area (Å²) in [5.74, 6) is -0.804. The van der Waals surface area contributed by atoms with Crippen molar-refractivity contribution in [3.8, 4) is 0 Å². The Balaban J connectivity index is 1.81. The van der Waals surface area contributed by atoms with Crippen LogP contribution in [-0.2, 0) is 14.8 Å². The van der Waals surface area contributed by atoms with Gasteiger partial charge in [0, 0.05) is 31.6 Å². The van der Waals surface area contributed by atoms with Gasteiger partial charge in [0.25, 0.3) is 15.9 Å². The molecule has 1 aliphatic rings. The third kappa shape index (κ3) is 4.42. The molecular formula is C21H25N3O4S. The van der Waals surface area contributed by atoms with Gasteiger partial charge in [0.2, 0.25) is 5.91 Å². The minimum atomic E-state index is -3.81. The molecule has 7 nitrogen and oxygen atoms in total. The van der Waals surface area contributed by atoms with E-state index in [9.17, 15) is 18.0 Å². The zero-order valence-electron chi connectivity index (χ0n) is 16.5. The van der Waals surface area contributed by atoms with E-state index >= 15 is 0 Å². The fourth-order valence-corrected chi connectivity index (χ4v) is 4.69. The molecule has 1 aliphatic heterocycles. The van der Waals surface area contributed by atoms with Crippen LogP contribution in [0.25, 0.3) is 0 Å².